The van der Waals surface area contributed by atoms with E-state index >= 15 is 0 Å². The van der Waals surface area contributed by atoms with Gasteiger partial charge in [-0.1, -0.05) is 13.3 Å². The lowest BCUT2D eigenvalue weighted by Gasteiger charge is -2.50. The first-order valence-corrected chi connectivity index (χ1v) is 11.9. The van der Waals surface area contributed by atoms with Crippen LogP contribution in [0, 0.1) is 11.8 Å². The van der Waals surface area contributed by atoms with Crippen LogP contribution in [0.5, 0.6) is 5.75 Å². The lowest BCUT2D eigenvalue weighted by atomic mass is 9.57. The first kappa shape index (κ1) is 25.5. The second kappa shape index (κ2) is 8.82. The van der Waals surface area contributed by atoms with Crippen LogP contribution < -0.4 is 16.8 Å². The summed E-state index contributed by atoms with van der Waals surface area (Å²) >= 11 is 0. The lowest BCUT2D eigenvalue weighted by molar-refractivity contribution is -0.153. The molecule has 36 heavy (non-hydrogen) atoms. The number of nitrogens with two attached hydrogens (primary N) is 2. The number of aromatic hydroxyl groups is 1. The summed E-state index contributed by atoms with van der Waals surface area (Å²) in [5, 5.41) is 47.7. The number of phenolic OH excluding ortho intramolecular Hbond substituents is 1. The highest BCUT2D eigenvalue weighted by atomic mass is 16.3. The summed E-state index contributed by atoms with van der Waals surface area (Å²) in [7, 11) is 3.12. The van der Waals surface area contributed by atoms with E-state index < -0.39 is 63.8 Å². The van der Waals surface area contributed by atoms with Gasteiger partial charge in [0.2, 0.25) is 5.78 Å². The highest BCUT2D eigenvalue weighted by Gasteiger charge is 2.64. The van der Waals surface area contributed by atoms with E-state index in [1.165, 1.54) is 4.90 Å². The Hall–Kier alpha value is -3.57. The van der Waals surface area contributed by atoms with Gasteiger partial charge < -0.3 is 37.2 Å². The number of unbranched alkanes of at least 4 members (excludes halogenated alkanes) is 1. The van der Waals surface area contributed by atoms with Crippen molar-refractivity contribution in [3.63, 3.8) is 0 Å². The highest BCUT2D eigenvalue weighted by molar-refractivity contribution is 6.24. The number of ketones is 2. The van der Waals surface area contributed by atoms with Gasteiger partial charge in [0.05, 0.1) is 17.3 Å². The van der Waals surface area contributed by atoms with Crippen molar-refractivity contribution >= 4 is 34.6 Å². The first-order valence-electron chi connectivity index (χ1n) is 11.9. The van der Waals surface area contributed by atoms with Gasteiger partial charge in [0.15, 0.2) is 11.4 Å². The molecule has 1 aromatic rings. The minimum absolute atomic E-state index is 0.00659. The molecule has 0 spiro atoms. The van der Waals surface area contributed by atoms with Gasteiger partial charge in [-0.3, -0.25) is 19.3 Å². The maximum atomic E-state index is 13.8. The standard InChI is InChI=1S/C25H32N4O7/c1-4-5-6-28-14-9-13(26)19(30)16-11(14)7-10-8-12-18(29(2)3)21(32)17(24(27)35)23(34)25(12,36)22(33)15(10)20(16)31/h9-10,12,18,28,30-31,34,36H,4-8,26H2,1-3H3,(H2,27,35)/t10?,12?,18-,25-/m0/s1. The summed E-state index contributed by atoms with van der Waals surface area (Å²) in [4.78, 5) is 40.4. The molecule has 1 fully saturated rings. The molecule has 11 heteroatoms. The van der Waals surface area contributed by atoms with Gasteiger partial charge in [-0.25, -0.2) is 0 Å². The van der Waals surface area contributed by atoms with Crippen molar-refractivity contribution in [1.82, 2.24) is 4.90 Å². The fourth-order valence-corrected chi connectivity index (χ4v) is 5.89. The van der Waals surface area contributed by atoms with Crippen molar-refractivity contribution in [3.05, 3.63) is 34.1 Å². The quantitative estimate of drug-likeness (QED) is 0.0961. The van der Waals surface area contributed by atoms with E-state index in [4.69, 9.17) is 11.5 Å². The molecule has 0 bridgehead atoms. The maximum Gasteiger partial charge on any atom is 0.255 e. The number of aliphatic hydroxyl groups excluding tert-OH is 2. The van der Waals surface area contributed by atoms with Crippen LogP contribution in [0.15, 0.2) is 23.0 Å². The minimum Gasteiger partial charge on any atom is -0.508 e. The van der Waals surface area contributed by atoms with Crippen LogP contribution in [0.3, 0.4) is 0 Å². The number of rotatable bonds is 6. The van der Waals surface area contributed by atoms with Crippen LogP contribution in [-0.4, -0.2) is 75.1 Å². The second-order valence-corrected chi connectivity index (χ2v) is 9.96. The third-order valence-electron chi connectivity index (χ3n) is 7.60. The molecule has 194 valence electrons. The Labute approximate surface area is 208 Å². The summed E-state index contributed by atoms with van der Waals surface area (Å²) in [6.45, 7) is 2.67. The van der Waals surface area contributed by atoms with Gasteiger partial charge in [-0.2, -0.15) is 0 Å². The number of nitrogens with one attached hydrogen (secondary N) is 1. The molecule has 4 atom stereocenters. The molecular weight excluding hydrogens is 468 g/mol. The molecule has 0 aliphatic heterocycles. The number of hydrogen-bond donors (Lipinski definition) is 7. The van der Waals surface area contributed by atoms with Gasteiger partial charge in [0.25, 0.3) is 5.91 Å². The Morgan fingerprint density at radius 2 is 1.92 bits per heavy atom. The van der Waals surface area contributed by atoms with E-state index in [9.17, 15) is 34.8 Å². The molecule has 2 unspecified atom stereocenters. The zero-order valence-electron chi connectivity index (χ0n) is 20.5. The topological polar surface area (TPSA) is 199 Å². The number of aliphatic hydroxyl groups is 3. The molecule has 1 aromatic carbocycles. The lowest BCUT2D eigenvalue weighted by Crippen LogP contribution is -2.65. The Bertz CT molecular complexity index is 1240. The molecule has 0 saturated heterocycles. The highest BCUT2D eigenvalue weighted by Crippen LogP contribution is 2.54. The number of carbonyl (C=O) groups excluding carboxylic acids is 3. The van der Waals surface area contributed by atoms with Crippen molar-refractivity contribution in [2.75, 3.05) is 31.7 Å². The number of phenols is 1. The molecule has 9 N–H and O–H groups in total. The summed E-state index contributed by atoms with van der Waals surface area (Å²) < 4.78 is 0. The number of hydrogen-bond acceptors (Lipinski definition) is 10. The number of carbonyl (C=O) groups is 3. The monoisotopic (exact) mass is 500 g/mol. The van der Waals surface area contributed by atoms with E-state index in [2.05, 4.69) is 5.32 Å². The molecule has 11 nitrogen and oxygen atoms in total. The summed E-state index contributed by atoms with van der Waals surface area (Å²) in [5.41, 5.74) is 8.74. The molecule has 0 radical (unpaired) electrons. The Morgan fingerprint density at radius 1 is 1.25 bits per heavy atom. The number of likely N-dealkylation sites (N-methyl/N-ethyl adjacent to an activating group) is 1. The maximum absolute atomic E-state index is 13.8. The number of amides is 1. The Morgan fingerprint density at radius 3 is 2.50 bits per heavy atom. The zero-order chi connectivity index (χ0) is 26.7. The fourth-order valence-electron chi connectivity index (χ4n) is 5.89. The molecule has 1 amide bonds. The fraction of sp³-hybridized carbons (Fsp3) is 0.480. The van der Waals surface area contributed by atoms with Crippen LogP contribution in [0.4, 0.5) is 11.4 Å². The van der Waals surface area contributed by atoms with Gasteiger partial charge in [0, 0.05) is 23.7 Å². The number of fused-ring (bicyclic) bond motifs is 3. The predicted molar refractivity (Wildman–Crippen MR) is 132 cm³/mol. The van der Waals surface area contributed by atoms with Crippen molar-refractivity contribution < 1.29 is 34.8 Å². The third-order valence-corrected chi connectivity index (χ3v) is 7.60. The molecule has 3 aliphatic carbocycles. The van der Waals surface area contributed by atoms with Gasteiger partial charge >= 0.3 is 0 Å². The van der Waals surface area contributed by atoms with Crippen LogP contribution in [0.25, 0.3) is 5.76 Å². The van der Waals surface area contributed by atoms with Gasteiger partial charge in [-0.05, 0) is 50.9 Å². The van der Waals surface area contributed by atoms with Crippen molar-refractivity contribution in [2.45, 2.75) is 44.2 Å². The number of primary amides is 1. The van der Waals surface area contributed by atoms with E-state index in [1.54, 1.807) is 20.2 Å². The smallest absolute Gasteiger partial charge is 0.255 e. The second-order valence-electron chi connectivity index (χ2n) is 9.96. The van der Waals surface area contributed by atoms with E-state index in [1.807, 2.05) is 6.92 Å². The van der Waals surface area contributed by atoms with Crippen molar-refractivity contribution in [1.29, 1.82) is 0 Å². The minimum atomic E-state index is -2.66. The van der Waals surface area contributed by atoms with E-state index in [-0.39, 0.29) is 29.7 Å². The van der Waals surface area contributed by atoms with Crippen LogP contribution in [-0.2, 0) is 20.8 Å². The van der Waals surface area contributed by atoms with Crippen LogP contribution in [0.1, 0.15) is 37.3 Å². The molecule has 3 aliphatic rings. The molecule has 0 heterocycles. The van der Waals surface area contributed by atoms with Crippen molar-refractivity contribution in [2.24, 2.45) is 17.6 Å². The predicted octanol–water partition coefficient (Wildman–Crippen LogP) is 0.758. The first-order chi connectivity index (χ1) is 16.9. The largest absolute Gasteiger partial charge is 0.508 e. The number of Topliss-reactive ketones (excluding diaryl/α,β-unsaturated/α-hetero) is 2. The molecule has 0 aromatic heterocycles. The average molecular weight is 501 g/mol. The van der Waals surface area contributed by atoms with Crippen LogP contribution >= 0.6 is 0 Å². The Kier molecular flexibility index (Phi) is 6.26. The average Bonchev–Trinajstić information content (AvgIpc) is 2.79. The summed E-state index contributed by atoms with van der Waals surface area (Å²) in [5.74, 6) is -6.94. The molecule has 4 rings (SSSR count). The number of nitrogens with zero attached hydrogens (tertiary/aromatic N) is 1. The summed E-state index contributed by atoms with van der Waals surface area (Å²) in [6.07, 6.45) is 2.06. The van der Waals surface area contributed by atoms with Crippen molar-refractivity contribution in [3.8, 4) is 5.75 Å². The van der Waals surface area contributed by atoms with Gasteiger partial charge in [0.1, 0.15) is 22.8 Å². The van der Waals surface area contributed by atoms with Gasteiger partial charge in [-0.15, -0.1) is 0 Å². The normalized spacial score (nSPS) is 27.6. The Balaban J connectivity index is 1.93. The van der Waals surface area contributed by atoms with Crippen LogP contribution in [0.2, 0.25) is 0 Å². The molecular formula is C25H32N4O7. The van der Waals surface area contributed by atoms with E-state index in [0.29, 0.717) is 17.8 Å². The number of benzene rings is 1. The van der Waals surface area contributed by atoms with E-state index in [0.717, 1.165) is 12.8 Å². The molecule has 1 saturated carbocycles. The zero-order valence-corrected chi connectivity index (χ0v) is 20.5. The number of anilines is 2. The summed E-state index contributed by atoms with van der Waals surface area (Å²) in [6, 6.07) is 0.452. The third kappa shape index (κ3) is 3.45. The number of nitrogen functional groups attached to an aromatic ring is 1. The SMILES string of the molecule is CCCCNc1cc(N)c(O)c2c1CC1CC3[C@H](N(C)C)C(=O)C(C(N)=O)=C(O)[C@@]3(O)C(=O)C1=C2O.